The van der Waals surface area contributed by atoms with Gasteiger partial charge in [-0.15, -0.1) is 10.2 Å². The normalized spacial score (nSPS) is 13.5. The lowest BCUT2D eigenvalue weighted by Gasteiger charge is -2.13. The first-order valence-electron chi connectivity index (χ1n) is 7.24. The predicted octanol–water partition coefficient (Wildman–Crippen LogP) is 0.0450. The van der Waals surface area contributed by atoms with Crippen LogP contribution in [0.3, 0.4) is 0 Å². The van der Waals surface area contributed by atoms with Crippen molar-refractivity contribution in [1.82, 2.24) is 28.6 Å². The number of fused-ring (bicyclic) bond motifs is 1. The molecule has 10 heteroatoms. The van der Waals surface area contributed by atoms with Crippen molar-refractivity contribution >= 4 is 21.1 Å². The summed E-state index contributed by atoms with van der Waals surface area (Å²) in [4.78, 5) is 12.1. The van der Waals surface area contributed by atoms with E-state index in [1.165, 1.54) is 27.6 Å². The zero-order valence-corrected chi connectivity index (χ0v) is 14.6. The molecule has 0 aliphatic carbocycles. The van der Waals surface area contributed by atoms with Crippen LogP contribution in [0.2, 0.25) is 0 Å². The van der Waals surface area contributed by atoms with E-state index in [1.807, 2.05) is 0 Å². The first-order valence-corrected chi connectivity index (χ1v) is 8.72. The molecule has 0 saturated carbocycles. The topological polar surface area (TPSA) is 104 Å². The van der Waals surface area contributed by atoms with E-state index in [2.05, 4.69) is 14.9 Å². The van der Waals surface area contributed by atoms with Crippen LogP contribution in [0.15, 0.2) is 34.2 Å². The summed E-state index contributed by atoms with van der Waals surface area (Å²) in [6.45, 7) is 1.69. The van der Waals surface area contributed by atoms with Gasteiger partial charge in [-0.25, -0.2) is 17.9 Å². The van der Waals surface area contributed by atoms with Crippen LogP contribution in [0, 0.1) is 0 Å². The van der Waals surface area contributed by atoms with Crippen LogP contribution in [-0.2, 0) is 31.2 Å². The van der Waals surface area contributed by atoms with Crippen LogP contribution in [-0.4, -0.2) is 32.3 Å². The molecule has 0 saturated heterocycles. The molecule has 1 N–H and O–H groups in total. The van der Waals surface area contributed by atoms with Crippen molar-refractivity contribution in [2.24, 2.45) is 21.1 Å². The summed E-state index contributed by atoms with van der Waals surface area (Å²) >= 11 is 0. The smallest absolute Gasteiger partial charge is 0.319 e. The van der Waals surface area contributed by atoms with E-state index in [1.54, 1.807) is 38.7 Å². The Labute approximate surface area is 138 Å². The lowest BCUT2D eigenvalue weighted by Crippen LogP contribution is -2.28. The van der Waals surface area contributed by atoms with Crippen LogP contribution in [0.25, 0.3) is 11.0 Å². The van der Waals surface area contributed by atoms with E-state index >= 15 is 0 Å². The minimum atomic E-state index is -3.77. The summed E-state index contributed by atoms with van der Waals surface area (Å²) in [7, 11) is 1.23. The molecule has 9 nitrogen and oxygen atoms in total. The van der Waals surface area contributed by atoms with Gasteiger partial charge in [0.1, 0.15) is 12.2 Å². The van der Waals surface area contributed by atoms with Gasteiger partial charge in [0.05, 0.1) is 22.0 Å². The molecule has 3 rings (SSSR count). The second-order valence-corrected chi connectivity index (χ2v) is 7.41. The number of benzene rings is 1. The zero-order chi connectivity index (χ0) is 17.6. The molecule has 0 spiro atoms. The molecule has 3 aromatic rings. The molecule has 128 valence electrons. The number of hydrogen-bond donors (Lipinski definition) is 1. The third-order valence-corrected chi connectivity index (χ3v) is 5.56. The molecule has 1 aromatic carbocycles. The second kappa shape index (κ2) is 5.56. The molecule has 0 fully saturated rings. The summed E-state index contributed by atoms with van der Waals surface area (Å²) in [5.41, 5.74) is 1.01. The molecular weight excluding hydrogens is 332 g/mol. The van der Waals surface area contributed by atoms with E-state index < -0.39 is 16.1 Å². The number of aryl methyl sites for hydroxylation is 3. The predicted molar refractivity (Wildman–Crippen MR) is 87.9 cm³/mol. The van der Waals surface area contributed by atoms with Crippen LogP contribution in [0.5, 0.6) is 0 Å². The maximum Gasteiger partial charge on any atom is 0.328 e. The van der Waals surface area contributed by atoms with Gasteiger partial charge in [0, 0.05) is 21.1 Å². The Morgan fingerprint density at radius 3 is 2.42 bits per heavy atom. The highest BCUT2D eigenvalue weighted by molar-refractivity contribution is 7.89. The zero-order valence-electron chi connectivity index (χ0n) is 13.8. The second-order valence-electron chi connectivity index (χ2n) is 5.69. The van der Waals surface area contributed by atoms with E-state index in [0.717, 1.165) is 0 Å². The van der Waals surface area contributed by atoms with E-state index in [-0.39, 0.29) is 10.6 Å². The fourth-order valence-corrected chi connectivity index (χ4v) is 3.91. The SMILES string of the molecule is C[C@H](NS(=O)(=O)c1ccc2c(c1)n(C)c(=O)n2C)c1nncn1C. The van der Waals surface area contributed by atoms with Gasteiger partial charge in [-0.1, -0.05) is 0 Å². The molecule has 2 aromatic heterocycles. The molecular formula is C14H18N6O3S. The Bertz CT molecular complexity index is 1080. The molecule has 0 unspecified atom stereocenters. The van der Waals surface area contributed by atoms with Crippen molar-refractivity contribution in [3.63, 3.8) is 0 Å². The van der Waals surface area contributed by atoms with Gasteiger partial charge in [0.25, 0.3) is 0 Å². The molecule has 0 radical (unpaired) electrons. The minimum absolute atomic E-state index is 0.0882. The Hall–Kier alpha value is -2.46. The van der Waals surface area contributed by atoms with Crippen molar-refractivity contribution < 1.29 is 8.42 Å². The molecule has 2 heterocycles. The van der Waals surface area contributed by atoms with Crippen LogP contribution < -0.4 is 10.4 Å². The van der Waals surface area contributed by atoms with Crippen LogP contribution in [0.4, 0.5) is 0 Å². The molecule has 0 amide bonds. The highest BCUT2D eigenvalue weighted by Gasteiger charge is 2.22. The first kappa shape index (κ1) is 16.4. The van der Waals surface area contributed by atoms with Crippen molar-refractivity contribution in [3.05, 3.63) is 40.8 Å². The Kier molecular flexibility index (Phi) is 3.80. The van der Waals surface area contributed by atoms with E-state index in [9.17, 15) is 13.2 Å². The summed E-state index contributed by atoms with van der Waals surface area (Å²) in [6, 6.07) is 4.05. The van der Waals surface area contributed by atoms with Gasteiger partial charge in [0.2, 0.25) is 10.0 Å². The molecule has 1 atom stereocenters. The van der Waals surface area contributed by atoms with Gasteiger partial charge in [-0.3, -0.25) is 9.13 Å². The van der Waals surface area contributed by atoms with Crippen LogP contribution in [0.1, 0.15) is 18.8 Å². The minimum Gasteiger partial charge on any atom is -0.319 e. The largest absolute Gasteiger partial charge is 0.328 e. The lowest BCUT2D eigenvalue weighted by atomic mass is 10.3. The van der Waals surface area contributed by atoms with Gasteiger partial charge in [-0.05, 0) is 25.1 Å². The highest BCUT2D eigenvalue weighted by atomic mass is 32.2. The number of nitrogens with one attached hydrogen (secondary N) is 1. The fraction of sp³-hybridized carbons (Fsp3) is 0.357. The lowest BCUT2D eigenvalue weighted by molar-refractivity contribution is 0.553. The highest BCUT2D eigenvalue weighted by Crippen LogP contribution is 2.19. The number of sulfonamides is 1. The summed E-state index contributed by atoms with van der Waals surface area (Å²) in [5.74, 6) is 0.506. The average Bonchev–Trinajstić information content (AvgIpc) is 3.05. The quantitative estimate of drug-likeness (QED) is 0.716. The van der Waals surface area contributed by atoms with E-state index in [4.69, 9.17) is 0 Å². The third-order valence-electron chi connectivity index (χ3n) is 4.02. The number of rotatable bonds is 4. The average molecular weight is 350 g/mol. The monoisotopic (exact) mass is 350 g/mol. The molecule has 0 aliphatic rings. The van der Waals surface area contributed by atoms with Gasteiger partial charge < -0.3 is 4.57 Å². The van der Waals surface area contributed by atoms with Crippen molar-refractivity contribution in [2.45, 2.75) is 17.9 Å². The van der Waals surface area contributed by atoms with Crippen LogP contribution >= 0.6 is 0 Å². The van der Waals surface area contributed by atoms with E-state index in [0.29, 0.717) is 16.9 Å². The number of aromatic nitrogens is 5. The third kappa shape index (κ3) is 2.53. The first-order chi connectivity index (χ1) is 11.2. The Morgan fingerprint density at radius 2 is 1.79 bits per heavy atom. The van der Waals surface area contributed by atoms with Crippen molar-refractivity contribution in [1.29, 1.82) is 0 Å². The molecule has 0 aliphatic heterocycles. The molecule has 24 heavy (non-hydrogen) atoms. The summed E-state index contributed by atoms with van der Waals surface area (Å²) < 4.78 is 32.4. The number of hydrogen-bond acceptors (Lipinski definition) is 5. The number of nitrogens with zero attached hydrogens (tertiary/aromatic N) is 5. The molecule has 0 bridgehead atoms. The standard InChI is InChI=1S/C14H18N6O3S/c1-9(13-16-15-8-18(13)2)17-24(22,23)10-5-6-11-12(7-10)20(4)14(21)19(11)3/h5-9,17H,1-4H3/t9-/m0/s1. The van der Waals surface area contributed by atoms with Gasteiger partial charge in [-0.2, -0.15) is 0 Å². The van der Waals surface area contributed by atoms with Crippen molar-refractivity contribution in [2.75, 3.05) is 0 Å². The number of imidazole rings is 1. The maximum atomic E-state index is 12.6. The maximum absolute atomic E-state index is 12.6. The Morgan fingerprint density at radius 1 is 1.12 bits per heavy atom. The summed E-state index contributed by atoms with van der Waals surface area (Å²) in [6.07, 6.45) is 1.51. The fourth-order valence-electron chi connectivity index (χ4n) is 2.69. The summed E-state index contributed by atoms with van der Waals surface area (Å²) in [5, 5.41) is 7.66. The Balaban J connectivity index is 2.01. The van der Waals surface area contributed by atoms with Gasteiger partial charge >= 0.3 is 5.69 Å². The van der Waals surface area contributed by atoms with Crippen molar-refractivity contribution in [3.8, 4) is 0 Å². The van der Waals surface area contributed by atoms with Gasteiger partial charge in [0.15, 0.2) is 0 Å².